The second kappa shape index (κ2) is 11.1. The van der Waals surface area contributed by atoms with Crippen molar-refractivity contribution < 1.29 is 9.53 Å². The Balaban J connectivity index is 1.19. The van der Waals surface area contributed by atoms with Crippen LogP contribution in [-0.2, 0) is 4.79 Å². The Morgan fingerprint density at radius 3 is 2.69 bits per heavy atom. The zero-order valence-electron chi connectivity index (χ0n) is 23.4. The number of fused-ring (bicyclic) bond motifs is 2. The third-order valence-electron chi connectivity index (χ3n) is 8.04. The van der Waals surface area contributed by atoms with Crippen molar-refractivity contribution in [2.24, 2.45) is 5.92 Å². The minimum atomic E-state index is 0.0413. The second-order valence-corrected chi connectivity index (χ2v) is 10.9. The summed E-state index contributed by atoms with van der Waals surface area (Å²) in [6, 6.07) is 19.8. The number of imidazole rings is 1. The lowest BCUT2D eigenvalue weighted by Gasteiger charge is -2.20. The van der Waals surface area contributed by atoms with Gasteiger partial charge in [-0.3, -0.25) is 14.9 Å². The number of rotatable bonds is 7. The number of nitrogens with zero attached hydrogens (tertiary/aromatic N) is 4. The van der Waals surface area contributed by atoms with E-state index in [1.165, 1.54) is 19.3 Å². The number of ether oxygens (including phenoxy) is 1. The summed E-state index contributed by atoms with van der Waals surface area (Å²) in [5.41, 5.74) is 8.09. The zero-order chi connectivity index (χ0) is 28.5. The molecule has 0 saturated heterocycles. The third kappa shape index (κ3) is 5.09. The van der Waals surface area contributed by atoms with Crippen LogP contribution in [-0.4, -0.2) is 43.2 Å². The fourth-order valence-corrected chi connectivity index (χ4v) is 5.91. The summed E-state index contributed by atoms with van der Waals surface area (Å²) in [6.07, 6.45) is 9.98. The molecule has 4 heterocycles. The number of H-pyrrole nitrogens is 2. The zero-order valence-corrected chi connectivity index (χ0v) is 23.4. The van der Waals surface area contributed by atoms with Gasteiger partial charge in [0, 0.05) is 23.7 Å². The number of amides is 1. The number of aromatic nitrogens is 6. The van der Waals surface area contributed by atoms with Crippen LogP contribution >= 0.6 is 0 Å². The summed E-state index contributed by atoms with van der Waals surface area (Å²) in [4.78, 5) is 30.4. The van der Waals surface area contributed by atoms with Crippen molar-refractivity contribution in [2.75, 3.05) is 12.4 Å². The summed E-state index contributed by atoms with van der Waals surface area (Å²) in [5.74, 6) is 1.93. The molecule has 0 atom stereocenters. The standard InChI is InChI=1S/C33H31N7O2/c1-42-24-10-5-9-21(17-24)25-11-6-12-27-30(25)38-33(37-27)32-31-28(39-40-32)14-13-26(36-31)22-16-23(19-34-18-22)35-29(41)15-20-7-3-2-4-8-20/h5-6,9-14,16-20H,2-4,7-8,15H2,1H3,(H,35,41)(H,37,38)(H,39,40). The molecule has 6 aromatic rings. The molecule has 42 heavy (non-hydrogen) atoms. The molecule has 1 amide bonds. The number of hydrogen-bond donors (Lipinski definition) is 3. The molecule has 2 aromatic carbocycles. The Hall–Kier alpha value is -5.05. The number of carbonyl (C=O) groups excluding carboxylic acids is 1. The molecule has 4 aromatic heterocycles. The van der Waals surface area contributed by atoms with E-state index in [0.29, 0.717) is 35.1 Å². The van der Waals surface area contributed by atoms with E-state index < -0.39 is 0 Å². The van der Waals surface area contributed by atoms with Gasteiger partial charge in [-0.1, -0.05) is 43.5 Å². The van der Waals surface area contributed by atoms with E-state index >= 15 is 0 Å². The Bertz CT molecular complexity index is 1900. The predicted octanol–water partition coefficient (Wildman–Crippen LogP) is 7.15. The molecule has 7 rings (SSSR count). The molecule has 1 fully saturated rings. The first-order valence-electron chi connectivity index (χ1n) is 14.4. The van der Waals surface area contributed by atoms with Crippen LogP contribution in [0.4, 0.5) is 5.69 Å². The van der Waals surface area contributed by atoms with Crippen LogP contribution in [0.3, 0.4) is 0 Å². The Labute approximate surface area is 242 Å². The molecule has 0 unspecified atom stereocenters. The number of pyridine rings is 2. The number of benzene rings is 2. The summed E-state index contributed by atoms with van der Waals surface area (Å²) in [6.45, 7) is 0. The maximum absolute atomic E-state index is 12.7. The van der Waals surface area contributed by atoms with Gasteiger partial charge in [0.1, 0.15) is 11.3 Å². The lowest BCUT2D eigenvalue weighted by atomic mass is 9.87. The topological polar surface area (TPSA) is 121 Å². The summed E-state index contributed by atoms with van der Waals surface area (Å²) >= 11 is 0. The monoisotopic (exact) mass is 557 g/mol. The van der Waals surface area contributed by atoms with Gasteiger partial charge in [-0.25, -0.2) is 9.97 Å². The average molecular weight is 558 g/mol. The van der Waals surface area contributed by atoms with E-state index in [2.05, 4.69) is 31.5 Å². The number of anilines is 1. The van der Waals surface area contributed by atoms with Crippen LogP contribution in [0.15, 0.2) is 73.1 Å². The predicted molar refractivity (Wildman–Crippen MR) is 164 cm³/mol. The minimum absolute atomic E-state index is 0.0413. The highest BCUT2D eigenvalue weighted by molar-refractivity contribution is 5.96. The van der Waals surface area contributed by atoms with Crippen molar-refractivity contribution in [2.45, 2.75) is 38.5 Å². The molecule has 1 saturated carbocycles. The maximum Gasteiger partial charge on any atom is 0.224 e. The van der Waals surface area contributed by atoms with E-state index in [-0.39, 0.29) is 5.91 Å². The molecular weight excluding hydrogens is 526 g/mol. The number of aromatic amines is 2. The molecular formula is C33H31N7O2. The average Bonchev–Trinajstić information content (AvgIpc) is 3.65. The van der Waals surface area contributed by atoms with Gasteiger partial charge in [0.25, 0.3) is 0 Å². The smallest absolute Gasteiger partial charge is 0.224 e. The van der Waals surface area contributed by atoms with E-state index in [4.69, 9.17) is 14.7 Å². The molecule has 3 N–H and O–H groups in total. The quantitative estimate of drug-likeness (QED) is 0.192. The van der Waals surface area contributed by atoms with Crippen molar-refractivity contribution in [3.05, 3.63) is 73.1 Å². The summed E-state index contributed by atoms with van der Waals surface area (Å²) in [7, 11) is 1.66. The molecule has 0 spiro atoms. The molecule has 0 aliphatic heterocycles. The first-order valence-corrected chi connectivity index (χ1v) is 14.4. The fraction of sp³-hybridized carbons (Fsp3) is 0.242. The van der Waals surface area contributed by atoms with Gasteiger partial charge in [0.05, 0.1) is 41.2 Å². The van der Waals surface area contributed by atoms with Crippen LogP contribution in [0.25, 0.3) is 56.0 Å². The number of para-hydroxylation sites is 1. The Kier molecular flexibility index (Phi) is 6.83. The number of methoxy groups -OCH3 is 1. The molecule has 9 heteroatoms. The minimum Gasteiger partial charge on any atom is -0.497 e. The largest absolute Gasteiger partial charge is 0.497 e. The molecule has 0 bridgehead atoms. The van der Waals surface area contributed by atoms with Gasteiger partial charge in [-0.15, -0.1) is 0 Å². The van der Waals surface area contributed by atoms with Crippen LogP contribution < -0.4 is 10.1 Å². The van der Waals surface area contributed by atoms with Crippen molar-refractivity contribution in [3.8, 4) is 39.7 Å². The highest BCUT2D eigenvalue weighted by Gasteiger charge is 2.19. The molecule has 210 valence electrons. The normalized spacial score (nSPS) is 13.9. The molecule has 1 aliphatic rings. The molecule has 9 nitrogen and oxygen atoms in total. The lowest BCUT2D eigenvalue weighted by molar-refractivity contribution is -0.117. The van der Waals surface area contributed by atoms with Gasteiger partial charge < -0.3 is 15.0 Å². The van der Waals surface area contributed by atoms with E-state index in [9.17, 15) is 4.79 Å². The van der Waals surface area contributed by atoms with Crippen molar-refractivity contribution >= 4 is 33.7 Å². The Morgan fingerprint density at radius 2 is 1.81 bits per heavy atom. The highest BCUT2D eigenvalue weighted by atomic mass is 16.5. The number of carbonyl (C=O) groups is 1. The van der Waals surface area contributed by atoms with E-state index in [1.54, 1.807) is 19.5 Å². The third-order valence-corrected chi connectivity index (χ3v) is 8.04. The van der Waals surface area contributed by atoms with E-state index in [0.717, 1.165) is 57.5 Å². The van der Waals surface area contributed by atoms with Gasteiger partial charge in [0.2, 0.25) is 5.91 Å². The van der Waals surface area contributed by atoms with Crippen molar-refractivity contribution in [1.29, 1.82) is 0 Å². The van der Waals surface area contributed by atoms with Crippen LogP contribution in [0.2, 0.25) is 0 Å². The lowest BCUT2D eigenvalue weighted by Crippen LogP contribution is -2.18. The first-order chi connectivity index (χ1) is 20.6. The van der Waals surface area contributed by atoms with Gasteiger partial charge in [-0.05, 0) is 60.7 Å². The maximum atomic E-state index is 12.7. The van der Waals surface area contributed by atoms with Gasteiger partial charge >= 0.3 is 0 Å². The second-order valence-electron chi connectivity index (χ2n) is 10.9. The fourth-order valence-electron chi connectivity index (χ4n) is 5.91. The molecule has 0 radical (unpaired) electrons. The van der Waals surface area contributed by atoms with E-state index in [1.807, 2.05) is 54.6 Å². The Morgan fingerprint density at radius 1 is 0.929 bits per heavy atom. The van der Waals surface area contributed by atoms with Gasteiger partial charge in [-0.2, -0.15) is 5.10 Å². The highest BCUT2D eigenvalue weighted by Crippen LogP contribution is 2.33. The first kappa shape index (κ1) is 25.9. The van der Waals surface area contributed by atoms with Gasteiger partial charge in [0.15, 0.2) is 11.5 Å². The van der Waals surface area contributed by atoms with Crippen molar-refractivity contribution in [1.82, 2.24) is 30.1 Å². The number of hydrogen-bond acceptors (Lipinski definition) is 6. The van der Waals surface area contributed by atoms with Crippen LogP contribution in [0.1, 0.15) is 38.5 Å². The molecule has 1 aliphatic carbocycles. The van der Waals surface area contributed by atoms with Crippen LogP contribution in [0, 0.1) is 5.92 Å². The summed E-state index contributed by atoms with van der Waals surface area (Å²) < 4.78 is 5.43. The SMILES string of the molecule is COc1cccc(-c2cccc3[nH]c(-c4n[nH]c5ccc(-c6cncc(NC(=O)CC7CCCCC7)c6)nc45)nc23)c1. The van der Waals surface area contributed by atoms with Crippen molar-refractivity contribution in [3.63, 3.8) is 0 Å². The number of nitrogens with one attached hydrogen (secondary N) is 3. The summed E-state index contributed by atoms with van der Waals surface area (Å²) in [5, 5.41) is 10.7. The van der Waals surface area contributed by atoms with Crippen LogP contribution in [0.5, 0.6) is 5.75 Å².